The van der Waals surface area contributed by atoms with E-state index in [4.69, 9.17) is 4.98 Å². The maximum absolute atomic E-state index is 12.6. The van der Waals surface area contributed by atoms with E-state index in [1.807, 2.05) is 13.1 Å². The highest BCUT2D eigenvalue weighted by molar-refractivity contribution is 5.99. The Morgan fingerprint density at radius 3 is 2.82 bits per heavy atom. The number of carbonyl (C=O) groups excluding carboxylic acids is 1. The van der Waals surface area contributed by atoms with Gasteiger partial charge in [0.25, 0.3) is 5.91 Å². The van der Waals surface area contributed by atoms with Gasteiger partial charge in [0.15, 0.2) is 0 Å². The predicted octanol–water partition coefficient (Wildman–Crippen LogP) is 4.09. The van der Waals surface area contributed by atoms with Crippen LogP contribution in [0.15, 0.2) is 36.5 Å². The minimum Gasteiger partial charge on any atom is -0.480 e. The number of aromatic nitrogens is 3. The maximum Gasteiger partial charge on any atom is 0.326 e. The fraction of sp³-hybridized carbons (Fsp3) is 0.462. The van der Waals surface area contributed by atoms with Gasteiger partial charge < -0.3 is 15.7 Å². The van der Waals surface area contributed by atoms with E-state index in [2.05, 4.69) is 27.9 Å². The molecule has 1 amide bonds. The van der Waals surface area contributed by atoms with Crippen molar-refractivity contribution in [3.05, 3.63) is 53.3 Å². The molecule has 0 unspecified atom stereocenters. The molecule has 34 heavy (non-hydrogen) atoms. The van der Waals surface area contributed by atoms with Crippen LogP contribution in [-0.4, -0.2) is 44.3 Å². The molecule has 0 saturated carbocycles. The van der Waals surface area contributed by atoms with Gasteiger partial charge in [-0.15, -0.1) is 0 Å². The minimum absolute atomic E-state index is 0.370. The highest BCUT2D eigenvalue weighted by Gasteiger charge is 2.20. The number of carbonyl (C=O) groups is 2. The molecule has 4 rings (SSSR count). The van der Waals surface area contributed by atoms with Gasteiger partial charge in [0.05, 0.1) is 11.7 Å². The Morgan fingerprint density at radius 2 is 1.97 bits per heavy atom. The van der Waals surface area contributed by atoms with Gasteiger partial charge in [-0.3, -0.25) is 9.48 Å². The molecule has 0 saturated heterocycles. The van der Waals surface area contributed by atoms with E-state index in [9.17, 15) is 14.7 Å². The first-order valence-electron chi connectivity index (χ1n) is 12.2. The number of hydrogen-bond donors (Lipinski definition) is 3. The number of nitrogens with zero attached hydrogens (tertiary/aromatic N) is 3. The zero-order chi connectivity index (χ0) is 23.9. The molecule has 8 heteroatoms. The lowest BCUT2D eigenvalue weighted by atomic mass is 10.0. The normalized spacial score (nSPS) is 13.8. The van der Waals surface area contributed by atoms with Crippen molar-refractivity contribution in [2.75, 3.05) is 11.9 Å². The highest BCUT2D eigenvalue weighted by atomic mass is 16.4. The second-order valence-corrected chi connectivity index (χ2v) is 9.05. The lowest BCUT2D eigenvalue weighted by molar-refractivity contribution is -0.139. The molecular weight excluding hydrogens is 430 g/mol. The first-order chi connectivity index (χ1) is 16.5. The fourth-order valence-corrected chi connectivity index (χ4v) is 4.50. The second kappa shape index (κ2) is 11.1. The molecule has 1 aromatic carbocycles. The standard InChI is InChI=1S/C26H33N5O3/c1-31-23-14-12-19(16-20(23)17-28-31)25(32)30-22(26(33)34)10-6-4-2-3-5-9-21-13-11-18-8-7-15-27-24(18)29-21/h11-14,16-17,22H,2-10,15H2,1H3,(H,27,29)(H,30,32)(H,33,34)/t22-/m1/s1. The quantitative estimate of drug-likeness (QED) is 0.370. The molecular formula is C26H33N5O3. The largest absolute Gasteiger partial charge is 0.480 e. The molecule has 1 aliphatic rings. The van der Waals surface area contributed by atoms with Crippen molar-refractivity contribution < 1.29 is 14.7 Å². The van der Waals surface area contributed by atoms with Crippen LogP contribution in [0.1, 0.15) is 66.6 Å². The zero-order valence-corrected chi connectivity index (χ0v) is 19.7. The lowest BCUT2D eigenvalue weighted by Gasteiger charge is -2.17. The van der Waals surface area contributed by atoms with Gasteiger partial charge >= 0.3 is 5.97 Å². The second-order valence-electron chi connectivity index (χ2n) is 9.05. The number of anilines is 1. The van der Waals surface area contributed by atoms with Crippen molar-refractivity contribution in [2.45, 2.75) is 63.8 Å². The summed E-state index contributed by atoms with van der Waals surface area (Å²) in [5, 5.41) is 20.6. The molecule has 3 N–H and O–H groups in total. The number of carboxylic acid groups (broad SMARTS) is 1. The summed E-state index contributed by atoms with van der Waals surface area (Å²) in [6.45, 7) is 1.00. The first-order valence-corrected chi connectivity index (χ1v) is 12.2. The molecule has 1 aliphatic heterocycles. The van der Waals surface area contributed by atoms with Crippen LogP contribution in [0.25, 0.3) is 10.9 Å². The number of benzene rings is 1. The number of unbranched alkanes of at least 4 members (excludes halogenated alkanes) is 4. The smallest absolute Gasteiger partial charge is 0.326 e. The van der Waals surface area contributed by atoms with Gasteiger partial charge in [-0.1, -0.05) is 31.7 Å². The molecule has 2 aromatic heterocycles. The van der Waals surface area contributed by atoms with Gasteiger partial charge in [0.2, 0.25) is 0 Å². The van der Waals surface area contributed by atoms with E-state index in [1.54, 1.807) is 23.0 Å². The SMILES string of the molecule is Cn1ncc2cc(C(=O)N[C@H](CCCCCCCc3ccc4c(n3)NCCC4)C(=O)O)ccc21. The van der Waals surface area contributed by atoms with Crippen molar-refractivity contribution in [3.8, 4) is 0 Å². The average Bonchev–Trinajstić information content (AvgIpc) is 3.22. The molecule has 0 aliphatic carbocycles. The molecule has 3 aromatic rings. The third kappa shape index (κ3) is 5.92. The summed E-state index contributed by atoms with van der Waals surface area (Å²) in [6, 6.07) is 8.71. The molecule has 8 nitrogen and oxygen atoms in total. The molecule has 0 spiro atoms. The van der Waals surface area contributed by atoms with Crippen LogP contribution < -0.4 is 10.6 Å². The van der Waals surface area contributed by atoms with Crippen molar-refractivity contribution in [1.29, 1.82) is 0 Å². The fourth-order valence-electron chi connectivity index (χ4n) is 4.50. The average molecular weight is 464 g/mol. The van der Waals surface area contributed by atoms with Crippen molar-refractivity contribution >= 4 is 28.6 Å². The molecule has 1 atom stereocenters. The van der Waals surface area contributed by atoms with Gasteiger partial charge in [0.1, 0.15) is 11.9 Å². The van der Waals surface area contributed by atoms with Crippen LogP contribution >= 0.6 is 0 Å². The number of fused-ring (bicyclic) bond motifs is 2. The topological polar surface area (TPSA) is 109 Å². The van der Waals surface area contributed by atoms with Gasteiger partial charge in [-0.05, 0) is 61.9 Å². The van der Waals surface area contributed by atoms with Crippen molar-refractivity contribution in [2.24, 2.45) is 7.05 Å². The Hall–Kier alpha value is -3.42. The number of amides is 1. The number of aryl methyl sites for hydroxylation is 3. The number of aliphatic carboxylic acids is 1. The summed E-state index contributed by atoms with van der Waals surface area (Å²) in [7, 11) is 1.84. The lowest BCUT2D eigenvalue weighted by Crippen LogP contribution is -2.40. The number of nitrogens with one attached hydrogen (secondary N) is 2. The summed E-state index contributed by atoms with van der Waals surface area (Å²) in [5.41, 5.74) is 3.81. The van der Waals surface area contributed by atoms with E-state index in [0.717, 1.165) is 73.9 Å². The Balaban J connectivity index is 1.16. The predicted molar refractivity (Wildman–Crippen MR) is 132 cm³/mol. The van der Waals surface area contributed by atoms with E-state index in [0.29, 0.717) is 12.0 Å². The summed E-state index contributed by atoms with van der Waals surface area (Å²) in [4.78, 5) is 29.0. The Bertz CT molecular complexity index is 1160. The van der Waals surface area contributed by atoms with Gasteiger partial charge in [-0.25, -0.2) is 9.78 Å². The molecule has 180 valence electrons. The first kappa shape index (κ1) is 23.7. The zero-order valence-electron chi connectivity index (χ0n) is 19.7. The number of carboxylic acids is 1. The summed E-state index contributed by atoms with van der Waals surface area (Å²) >= 11 is 0. The van der Waals surface area contributed by atoms with Crippen LogP contribution in [-0.2, 0) is 24.7 Å². The van der Waals surface area contributed by atoms with Crippen LogP contribution in [0.4, 0.5) is 5.82 Å². The maximum atomic E-state index is 12.6. The van der Waals surface area contributed by atoms with E-state index in [1.165, 1.54) is 12.0 Å². The van der Waals surface area contributed by atoms with E-state index >= 15 is 0 Å². The Labute approximate surface area is 199 Å². The van der Waals surface area contributed by atoms with Crippen LogP contribution in [0.3, 0.4) is 0 Å². The Morgan fingerprint density at radius 1 is 1.15 bits per heavy atom. The third-order valence-corrected chi connectivity index (χ3v) is 6.49. The third-order valence-electron chi connectivity index (χ3n) is 6.49. The molecule has 0 radical (unpaired) electrons. The van der Waals surface area contributed by atoms with Crippen LogP contribution in [0.5, 0.6) is 0 Å². The molecule has 0 fully saturated rings. The van der Waals surface area contributed by atoms with Crippen LogP contribution in [0, 0.1) is 0 Å². The number of hydrogen-bond acceptors (Lipinski definition) is 5. The summed E-state index contributed by atoms with van der Waals surface area (Å²) in [6.07, 6.45) is 10.3. The highest BCUT2D eigenvalue weighted by Crippen LogP contribution is 2.21. The van der Waals surface area contributed by atoms with E-state index < -0.39 is 12.0 Å². The van der Waals surface area contributed by atoms with Crippen LogP contribution in [0.2, 0.25) is 0 Å². The van der Waals surface area contributed by atoms with Gasteiger partial charge in [0, 0.05) is 30.2 Å². The van der Waals surface area contributed by atoms with Crippen molar-refractivity contribution in [3.63, 3.8) is 0 Å². The van der Waals surface area contributed by atoms with E-state index in [-0.39, 0.29) is 5.91 Å². The Kier molecular flexibility index (Phi) is 7.77. The van der Waals surface area contributed by atoms with Crippen molar-refractivity contribution in [1.82, 2.24) is 20.1 Å². The monoisotopic (exact) mass is 463 g/mol. The minimum atomic E-state index is -0.997. The number of rotatable bonds is 11. The van der Waals surface area contributed by atoms with Gasteiger partial charge in [-0.2, -0.15) is 5.10 Å². The number of pyridine rings is 1. The molecule has 3 heterocycles. The summed E-state index contributed by atoms with van der Waals surface area (Å²) < 4.78 is 1.73. The summed E-state index contributed by atoms with van der Waals surface area (Å²) in [5.74, 6) is -0.320. The molecule has 0 bridgehead atoms.